The van der Waals surface area contributed by atoms with Crippen LogP contribution in [0.4, 0.5) is 0 Å². The Morgan fingerprint density at radius 2 is 1.94 bits per heavy atom. The van der Waals surface area contributed by atoms with Crippen LogP contribution in [0.1, 0.15) is 31.0 Å². The van der Waals surface area contributed by atoms with Gasteiger partial charge in [-0.25, -0.2) is 8.42 Å². The van der Waals surface area contributed by atoms with E-state index in [0.29, 0.717) is 12.5 Å². The molecule has 96 valence electrons. The molecule has 0 atom stereocenters. The van der Waals surface area contributed by atoms with E-state index in [1.165, 1.54) is 16.5 Å². The summed E-state index contributed by atoms with van der Waals surface area (Å²) < 4.78 is 25.9. The van der Waals surface area contributed by atoms with Gasteiger partial charge in [0.2, 0.25) is 0 Å². The summed E-state index contributed by atoms with van der Waals surface area (Å²) in [5.74, 6) is 0.797. The second kappa shape index (κ2) is 3.85. The summed E-state index contributed by atoms with van der Waals surface area (Å²) in [5, 5.41) is 1.21. The Kier molecular flexibility index (Phi) is 2.52. The van der Waals surface area contributed by atoms with E-state index in [0.717, 1.165) is 5.69 Å². The van der Waals surface area contributed by atoms with E-state index >= 15 is 0 Å². The van der Waals surface area contributed by atoms with Crippen LogP contribution < -0.4 is 0 Å². The predicted molar refractivity (Wildman–Crippen MR) is 73.5 cm³/mol. The summed E-state index contributed by atoms with van der Waals surface area (Å²) in [6.45, 7) is 4.85. The monoisotopic (exact) mass is 263 g/mol. The van der Waals surface area contributed by atoms with Gasteiger partial charge in [0.25, 0.3) is 0 Å². The third kappa shape index (κ3) is 1.67. The molecule has 0 radical (unpaired) electrons. The second-order valence-corrected chi connectivity index (χ2v) is 7.46. The van der Waals surface area contributed by atoms with Gasteiger partial charge in [0.05, 0.1) is 11.5 Å². The van der Waals surface area contributed by atoms with Crippen molar-refractivity contribution in [2.45, 2.75) is 32.1 Å². The van der Waals surface area contributed by atoms with Crippen molar-refractivity contribution in [3.05, 3.63) is 35.5 Å². The van der Waals surface area contributed by atoms with Gasteiger partial charge in [0, 0.05) is 23.1 Å². The average Bonchev–Trinajstić information content (AvgIpc) is 2.60. The number of sulfone groups is 1. The number of rotatable bonds is 1. The summed E-state index contributed by atoms with van der Waals surface area (Å²) >= 11 is 0. The lowest BCUT2D eigenvalue weighted by Gasteiger charge is -2.18. The summed E-state index contributed by atoms with van der Waals surface area (Å²) in [6.07, 6.45) is 0. The summed E-state index contributed by atoms with van der Waals surface area (Å²) in [4.78, 5) is 0. The first-order valence-corrected chi connectivity index (χ1v) is 8.12. The standard InChI is InChI=1S/C14H17NO2S/c1-10(2)14-11-5-3-4-6-12(11)15-7-8-18(16,17)9-13(14)15/h3-6,10H,7-9H2,1-2H3. The zero-order valence-electron chi connectivity index (χ0n) is 10.7. The molecule has 0 fully saturated rings. The molecule has 2 aromatic rings. The molecule has 1 aliphatic heterocycles. The van der Waals surface area contributed by atoms with E-state index in [9.17, 15) is 8.42 Å². The molecule has 1 aromatic carbocycles. The van der Waals surface area contributed by atoms with Gasteiger partial charge in [-0.3, -0.25) is 0 Å². The Morgan fingerprint density at radius 1 is 1.22 bits per heavy atom. The van der Waals surface area contributed by atoms with Crippen LogP contribution in [-0.2, 0) is 22.1 Å². The number of aryl methyl sites for hydroxylation is 1. The quantitative estimate of drug-likeness (QED) is 0.793. The van der Waals surface area contributed by atoms with Crippen molar-refractivity contribution < 1.29 is 8.42 Å². The summed E-state index contributed by atoms with van der Waals surface area (Å²) in [6, 6.07) is 8.23. The van der Waals surface area contributed by atoms with Crippen molar-refractivity contribution in [2.24, 2.45) is 0 Å². The Labute approximate surface area is 107 Å². The Hall–Kier alpha value is -1.29. The topological polar surface area (TPSA) is 39.1 Å². The number of benzene rings is 1. The molecule has 0 saturated heterocycles. The van der Waals surface area contributed by atoms with Gasteiger partial charge in [-0.2, -0.15) is 0 Å². The van der Waals surface area contributed by atoms with Gasteiger partial charge in [0.1, 0.15) is 0 Å². The van der Waals surface area contributed by atoms with Crippen molar-refractivity contribution in [3.8, 4) is 0 Å². The van der Waals surface area contributed by atoms with E-state index in [1.54, 1.807) is 0 Å². The third-order valence-corrected chi connectivity index (χ3v) is 5.20. The highest BCUT2D eigenvalue weighted by Gasteiger charge is 2.27. The molecule has 3 rings (SSSR count). The van der Waals surface area contributed by atoms with Gasteiger partial charge >= 0.3 is 0 Å². The average molecular weight is 263 g/mol. The molecule has 1 aliphatic rings. The molecule has 0 N–H and O–H groups in total. The molecule has 0 spiro atoms. The maximum Gasteiger partial charge on any atom is 0.157 e. The van der Waals surface area contributed by atoms with Crippen molar-refractivity contribution in [3.63, 3.8) is 0 Å². The van der Waals surface area contributed by atoms with Gasteiger partial charge in [-0.1, -0.05) is 32.0 Å². The van der Waals surface area contributed by atoms with Crippen LogP contribution in [0.3, 0.4) is 0 Å². The third-order valence-electron chi connectivity index (χ3n) is 3.68. The number of aromatic nitrogens is 1. The molecule has 0 saturated carbocycles. The minimum Gasteiger partial charge on any atom is -0.342 e. The molecular formula is C14H17NO2S. The first-order valence-electron chi connectivity index (χ1n) is 6.30. The lowest BCUT2D eigenvalue weighted by atomic mass is 10.00. The van der Waals surface area contributed by atoms with Crippen LogP contribution in [0.2, 0.25) is 0 Å². The van der Waals surface area contributed by atoms with Crippen LogP contribution in [0.15, 0.2) is 24.3 Å². The minimum absolute atomic E-state index is 0.190. The largest absolute Gasteiger partial charge is 0.342 e. The fourth-order valence-corrected chi connectivity index (χ4v) is 4.28. The maximum atomic E-state index is 11.9. The van der Waals surface area contributed by atoms with Crippen molar-refractivity contribution in [1.29, 1.82) is 0 Å². The van der Waals surface area contributed by atoms with Gasteiger partial charge in [-0.05, 0) is 17.5 Å². The fraction of sp³-hybridized carbons (Fsp3) is 0.429. The van der Waals surface area contributed by atoms with Crippen LogP contribution in [0.5, 0.6) is 0 Å². The lowest BCUT2D eigenvalue weighted by Crippen LogP contribution is -2.24. The molecule has 3 nitrogen and oxygen atoms in total. The molecular weight excluding hydrogens is 246 g/mol. The predicted octanol–water partition coefficient (Wildman–Crippen LogP) is 2.69. The Morgan fingerprint density at radius 3 is 2.67 bits per heavy atom. The number of hydrogen-bond acceptors (Lipinski definition) is 2. The van der Waals surface area contributed by atoms with E-state index in [2.05, 4.69) is 30.5 Å². The van der Waals surface area contributed by atoms with Crippen LogP contribution in [0.25, 0.3) is 10.9 Å². The fourth-order valence-electron chi connectivity index (χ4n) is 2.95. The highest BCUT2D eigenvalue weighted by molar-refractivity contribution is 7.90. The highest BCUT2D eigenvalue weighted by Crippen LogP contribution is 2.34. The second-order valence-electron chi connectivity index (χ2n) is 5.28. The lowest BCUT2D eigenvalue weighted by molar-refractivity contribution is 0.575. The van der Waals surface area contributed by atoms with E-state index in [1.807, 2.05) is 12.1 Å². The molecule has 2 heterocycles. The molecule has 1 aromatic heterocycles. The normalized spacial score (nSPS) is 18.2. The highest BCUT2D eigenvalue weighted by atomic mass is 32.2. The molecule has 0 bridgehead atoms. The van der Waals surface area contributed by atoms with Gasteiger partial charge in [0.15, 0.2) is 9.84 Å². The Balaban J connectivity index is 2.37. The number of fused-ring (bicyclic) bond motifs is 3. The van der Waals surface area contributed by atoms with Gasteiger partial charge < -0.3 is 4.57 Å². The van der Waals surface area contributed by atoms with Crippen LogP contribution in [0, 0.1) is 0 Å². The summed E-state index contributed by atoms with van der Waals surface area (Å²) in [5.41, 5.74) is 3.37. The zero-order chi connectivity index (χ0) is 12.9. The smallest absolute Gasteiger partial charge is 0.157 e. The van der Waals surface area contributed by atoms with Crippen LogP contribution in [-0.4, -0.2) is 18.7 Å². The number of nitrogens with zero attached hydrogens (tertiary/aromatic N) is 1. The van der Waals surface area contributed by atoms with Gasteiger partial charge in [-0.15, -0.1) is 0 Å². The number of hydrogen-bond donors (Lipinski definition) is 0. The number of para-hydroxylation sites is 1. The van der Waals surface area contributed by atoms with E-state index in [4.69, 9.17) is 0 Å². The SMILES string of the molecule is CC(C)c1c2n(c3ccccc13)CCS(=O)(=O)C2. The molecule has 4 heteroatoms. The van der Waals surface area contributed by atoms with E-state index < -0.39 is 9.84 Å². The van der Waals surface area contributed by atoms with Crippen molar-refractivity contribution in [2.75, 3.05) is 5.75 Å². The first-order chi connectivity index (χ1) is 8.49. The Bertz CT molecular complexity index is 711. The van der Waals surface area contributed by atoms with E-state index in [-0.39, 0.29) is 11.5 Å². The molecule has 18 heavy (non-hydrogen) atoms. The zero-order valence-corrected chi connectivity index (χ0v) is 11.5. The summed E-state index contributed by atoms with van der Waals surface area (Å²) in [7, 11) is -2.92. The molecule has 0 aliphatic carbocycles. The molecule has 0 amide bonds. The first kappa shape index (κ1) is 11.8. The minimum atomic E-state index is -2.92. The molecule has 0 unspecified atom stereocenters. The van der Waals surface area contributed by atoms with Crippen molar-refractivity contribution in [1.82, 2.24) is 4.57 Å². The van der Waals surface area contributed by atoms with Crippen LogP contribution >= 0.6 is 0 Å². The van der Waals surface area contributed by atoms with Crippen molar-refractivity contribution >= 4 is 20.7 Å². The maximum absolute atomic E-state index is 11.9.